The molecule has 1 aromatic rings. The first-order valence-electron chi connectivity index (χ1n) is 7.47. The largest absolute Gasteiger partial charge is 0.497 e. The molecule has 1 aliphatic heterocycles. The number of aliphatic carboxylic acids is 1. The van der Waals surface area contributed by atoms with Gasteiger partial charge in [-0.05, 0) is 45.4 Å². The molecule has 23 heavy (non-hydrogen) atoms. The van der Waals surface area contributed by atoms with Crippen LogP contribution in [0.15, 0.2) is 18.2 Å². The van der Waals surface area contributed by atoms with Crippen LogP contribution >= 0.6 is 0 Å². The second-order valence-electron chi connectivity index (χ2n) is 6.75. The van der Waals surface area contributed by atoms with Gasteiger partial charge in [0.1, 0.15) is 11.6 Å². The Hall–Kier alpha value is -1.60. The zero-order valence-electron chi connectivity index (χ0n) is 14.1. The Morgan fingerprint density at radius 1 is 1.26 bits per heavy atom. The summed E-state index contributed by atoms with van der Waals surface area (Å²) in [7, 11) is 0.655. The summed E-state index contributed by atoms with van der Waals surface area (Å²) in [5.74, 6) is -1.82. The monoisotopic (exact) mass is 324 g/mol. The normalized spacial score (nSPS) is 20.3. The number of carboxylic acids is 1. The van der Waals surface area contributed by atoms with Crippen molar-refractivity contribution in [3.05, 3.63) is 29.6 Å². The van der Waals surface area contributed by atoms with E-state index in [9.17, 15) is 14.3 Å². The van der Waals surface area contributed by atoms with Crippen molar-refractivity contribution in [2.24, 2.45) is 0 Å². The number of ether oxygens (including phenoxy) is 1. The Morgan fingerprint density at radius 3 is 2.30 bits per heavy atom. The summed E-state index contributed by atoms with van der Waals surface area (Å²) in [6.45, 7) is 7.54. The molecule has 126 valence electrons. The van der Waals surface area contributed by atoms with Crippen LogP contribution < -0.4 is 4.74 Å². The molecule has 5 nitrogen and oxygen atoms in total. The van der Waals surface area contributed by atoms with Crippen molar-refractivity contribution in [3.8, 4) is 5.75 Å². The maximum atomic E-state index is 13.8. The third kappa shape index (κ3) is 3.67. The second-order valence-corrected chi connectivity index (χ2v) is 6.75. The van der Waals surface area contributed by atoms with Crippen LogP contribution in [-0.4, -0.2) is 36.5 Å². The minimum atomic E-state index is -1.01. The average Bonchev–Trinajstić information content (AvgIpc) is 2.63. The molecule has 0 aliphatic carbocycles. The lowest BCUT2D eigenvalue weighted by Crippen LogP contribution is -2.41. The van der Waals surface area contributed by atoms with Crippen LogP contribution in [0.2, 0.25) is 0 Å². The molecule has 1 heterocycles. The van der Waals surface area contributed by atoms with Gasteiger partial charge in [0, 0.05) is 11.9 Å². The molecule has 1 unspecified atom stereocenters. The number of methoxy groups -OCH3 is 1. The van der Waals surface area contributed by atoms with Gasteiger partial charge in [-0.3, -0.25) is 4.79 Å². The SMILES string of the molecule is COc1cc(F)cc(C(CC(=O)O)B2OC(C)(C)C(C)(C)O2)c1. The summed E-state index contributed by atoms with van der Waals surface area (Å²) in [6, 6.07) is 4.15. The maximum Gasteiger partial charge on any atom is 0.466 e. The molecule has 1 saturated heterocycles. The van der Waals surface area contributed by atoms with Gasteiger partial charge in [-0.25, -0.2) is 4.39 Å². The molecule has 0 bridgehead atoms. The van der Waals surface area contributed by atoms with E-state index in [0.29, 0.717) is 11.3 Å². The minimum Gasteiger partial charge on any atom is -0.497 e. The Bertz CT molecular complexity index is 586. The number of carboxylic acid groups (broad SMARTS) is 1. The van der Waals surface area contributed by atoms with E-state index < -0.39 is 35.9 Å². The average molecular weight is 324 g/mol. The van der Waals surface area contributed by atoms with Gasteiger partial charge in [-0.2, -0.15) is 0 Å². The lowest BCUT2D eigenvalue weighted by atomic mass is 9.66. The van der Waals surface area contributed by atoms with Crippen molar-refractivity contribution in [1.29, 1.82) is 0 Å². The third-order valence-corrected chi connectivity index (χ3v) is 4.55. The molecule has 7 heteroatoms. The number of carbonyl (C=O) groups is 1. The van der Waals surface area contributed by atoms with Crippen molar-refractivity contribution in [1.82, 2.24) is 0 Å². The van der Waals surface area contributed by atoms with Crippen LogP contribution in [0.4, 0.5) is 4.39 Å². The van der Waals surface area contributed by atoms with E-state index in [2.05, 4.69) is 0 Å². The highest BCUT2D eigenvalue weighted by molar-refractivity contribution is 6.48. The van der Waals surface area contributed by atoms with Gasteiger partial charge in [0.2, 0.25) is 0 Å². The Labute approximate surface area is 135 Å². The fourth-order valence-electron chi connectivity index (χ4n) is 2.53. The Morgan fingerprint density at radius 2 is 1.83 bits per heavy atom. The molecule has 1 atom stereocenters. The first-order valence-corrected chi connectivity index (χ1v) is 7.47. The Kier molecular flexibility index (Phi) is 4.73. The summed E-state index contributed by atoms with van der Waals surface area (Å²) in [6.07, 6.45) is -0.233. The van der Waals surface area contributed by atoms with E-state index in [1.54, 1.807) is 6.07 Å². The fourth-order valence-corrected chi connectivity index (χ4v) is 2.53. The molecule has 1 aromatic carbocycles. The standard InChI is InChI=1S/C16H22BFO5/c1-15(2)16(3,4)23-17(22-15)13(9-14(19)20)10-6-11(18)8-12(7-10)21-5/h6-8,13H,9H2,1-5H3,(H,19,20). The van der Waals surface area contributed by atoms with E-state index in [4.69, 9.17) is 14.0 Å². The lowest BCUT2D eigenvalue weighted by Gasteiger charge is -2.32. The van der Waals surface area contributed by atoms with Crippen molar-refractivity contribution in [2.75, 3.05) is 7.11 Å². The molecule has 0 saturated carbocycles. The minimum absolute atomic E-state index is 0.233. The molecule has 0 amide bonds. The van der Waals surface area contributed by atoms with Crippen LogP contribution in [0.3, 0.4) is 0 Å². The summed E-state index contributed by atoms with van der Waals surface area (Å²) in [5.41, 5.74) is -0.708. The zero-order chi connectivity index (χ0) is 17.4. The molecule has 1 aliphatic rings. The smallest absolute Gasteiger partial charge is 0.466 e. The van der Waals surface area contributed by atoms with Gasteiger partial charge < -0.3 is 19.2 Å². The highest BCUT2D eigenvalue weighted by Crippen LogP contribution is 2.42. The highest BCUT2D eigenvalue weighted by Gasteiger charge is 2.54. The Balaban J connectivity index is 2.39. The van der Waals surface area contributed by atoms with E-state index in [1.165, 1.54) is 19.2 Å². The second kappa shape index (κ2) is 6.13. The molecule has 0 radical (unpaired) electrons. The number of rotatable bonds is 5. The number of hydrogen-bond donors (Lipinski definition) is 1. The van der Waals surface area contributed by atoms with Crippen molar-refractivity contribution in [2.45, 2.75) is 51.1 Å². The van der Waals surface area contributed by atoms with E-state index >= 15 is 0 Å². The van der Waals surface area contributed by atoms with Gasteiger partial charge in [-0.15, -0.1) is 0 Å². The number of halogens is 1. The molecule has 0 aromatic heterocycles. The quantitative estimate of drug-likeness (QED) is 0.844. The first-order chi connectivity index (χ1) is 10.6. The van der Waals surface area contributed by atoms with E-state index in [1.807, 2.05) is 27.7 Å². The number of benzene rings is 1. The number of hydrogen-bond acceptors (Lipinski definition) is 4. The predicted molar refractivity (Wildman–Crippen MR) is 84.0 cm³/mol. The summed E-state index contributed by atoms with van der Waals surface area (Å²) < 4.78 is 30.8. The van der Waals surface area contributed by atoms with Crippen LogP contribution in [-0.2, 0) is 14.1 Å². The molecule has 1 fully saturated rings. The van der Waals surface area contributed by atoms with Crippen LogP contribution in [0.1, 0.15) is 45.5 Å². The van der Waals surface area contributed by atoms with Gasteiger partial charge in [-0.1, -0.05) is 0 Å². The van der Waals surface area contributed by atoms with Gasteiger partial charge in [0.25, 0.3) is 0 Å². The van der Waals surface area contributed by atoms with Gasteiger partial charge in [0.05, 0.1) is 24.7 Å². The first kappa shape index (κ1) is 17.8. The van der Waals surface area contributed by atoms with Crippen LogP contribution in [0.5, 0.6) is 5.75 Å². The van der Waals surface area contributed by atoms with Crippen molar-refractivity contribution >= 4 is 13.1 Å². The summed E-state index contributed by atoms with van der Waals surface area (Å²) >= 11 is 0. The zero-order valence-corrected chi connectivity index (χ0v) is 14.1. The van der Waals surface area contributed by atoms with Gasteiger partial charge in [0.15, 0.2) is 0 Å². The summed E-state index contributed by atoms with van der Waals surface area (Å²) in [4.78, 5) is 11.3. The molecule has 1 N–H and O–H groups in total. The van der Waals surface area contributed by atoms with Crippen LogP contribution in [0, 0.1) is 5.82 Å². The molecule has 2 rings (SSSR count). The molecular formula is C16H22BFO5. The predicted octanol–water partition coefficient (Wildman–Crippen LogP) is 3.02. The molecule has 0 spiro atoms. The third-order valence-electron chi connectivity index (χ3n) is 4.55. The van der Waals surface area contributed by atoms with Crippen LogP contribution in [0.25, 0.3) is 0 Å². The molecular weight excluding hydrogens is 302 g/mol. The van der Waals surface area contributed by atoms with Crippen molar-refractivity contribution < 1.29 is 28.3 Å². The van der Waals surface area contributed by atoms with E-state index in [-0.39, 0.29) is 6.42 Å². The summed E-state index contributed by atoms with van der Waals surface area (Å²) in [5, 5.41) is 9.23. The van der Waals surface area contributed by atoms with Gasteiger partial charge >= 0.3 is 13.1 Å². The fraction of sp³-hybridized carbons (Fsp3) is 0.562. The van der Waals surface area contributed by atoms with E-state index in [0.717, 1.165) is 0 Å². The van der Waals surface area contributed by atoms with Crippen molar-refractivity contribution in [3.63, 3.8) is 0 Å². The highest BCUT2D eigenvalue weighted by atomic mass is 19.1. The topological polar surface area (TPSA) is 65.0 Å². The maximum absolute atomic E-state index is 13.8. The lowest BCUT2D eigenvalue weighted by molar-refractivity contribution is -0.137.